The van der Waals surface area contributed by atoms with Crippen LogP contribution in [0.3, 0.4) is 0 Å². The minimum Gasteiger partial charge on any atom is -0.358 e. The average molecular weight is 378 g/mol. The topological polar surface area (TPSA) is 0 Å². The second-order valence-electron chi connectivity index (χ2n) is 4.08. The molecule has 0 aliphatic heterocycles. The van der Waals surface area contributed by atoms with E-state index in [1.807, 2.05) is 0 Å². The second kappa shape index (κ2) is 5.86. The maximum atomic E-state index is 2.40. The molecule has 0 saturated carbocycles. The van der Waals surface area contributed by atoms with Crippen molar-refractivity contribution in [1.29, 1.82) is 0 Å². The molecule has 0 saturated heterocycles. The molecule has 0 fully saturated rings. The molecule has 0 bridgehead atoms. The summed E-state index contributed by atoms with van der Waals surface area (Å²) in [7, 11) is 0. The molecule has 0 atom stereocenters. The van der Waals surface area contributed by atoms with Crippen LogP contribution in [0.4, 0.5) is 0 Å². The van der Waals surface area contributed by atoms with E-state index in [0.29, 0.717) is 0 Å². The van der Waals surface area contributed by atoms with Crippen LogP contribution in [0.25, 0.3) is 10.8 Å². The van der Waals surface area contributed by atoms with Gasteiger partial charge in [0.1, 0.15) is 0 Å². The Labute approximate surface area is 118 Å². The quantitative estimate of drug-likeness (QED) is 0.475. The van der Waals surface area contributed by atoms with E-state index in [4.69, 9.17) is 0 Å². The summed E-state index contributed by atoms with van der Waals surface area (Å²) in [6.45, 7) is 2.20. The monoisotopic (exact) mass is 379 g/mol. The first-order chi connectivity index (χ1) is 6.34. The van der Waals surface area contributed by atoms with Crippen molar-refractivity contribution in [2.45, 2.75) is 26.2 Å². The molecule has 0 spiro atoms. The molecule has 0 nitrogen and oxygen atoms in total. The number of benzene rings is 1. The fraction of sp³-hybridized carbons (Fsp3) is 0.267. The number of fused-ring (bicyclic) bond motifs is 2. The molecule has 0 radical (unpaired) electrons. The van der Waals surface area contributed by atoms with E-state index in [1.165, 1.54) is 35.6 Å². The van der Waals surface area contributed by atoms with Gasteiger partial charge in [-0.25, -0.2) is 0 Å². The van der Waals surface area contributed by atoms with Crippen molar-refractivity contribution in [2.24, 2.45) is 0 Å². The van der Waals surface area contributed by atoms with Gasteiger partial charge in [0.2, 0.25) is 0 Å². The van der Waals surface area contributed by atoms with E-state index in [0.717, 1.165) is 0 Å². The zero-order valence-electron chi connectivity index (χ0n) is 10.4. The summed E-state index contributed by atoms with van der Waals surface area (Å²) in [5.41, 5.74) is 4.59. The molecule has 0 amide bonds. The van der Waals surface area contributed by atoms with Crippen LogP contribution in [-0.4, -0.2) is 0 Å². The Balaban J connectivity index is 0.000000750. The van der Waals surface area contributed by atoms with Crippen molar-refractivity contribution in [3.8, 4) is 0 Å². The van der Waals surface area contributed by atoms with Crippen LogP contribution in [0.5, 0.6) is 0 Å². The number of rotatable bonds is 0. The second-order valence-corrected chi connectivity index (χ2v) is 4.08. The maximum Gasteiger partial charge on any atom is 0 e. The standard InChI is InChI=1S/C13H13.2CH3.Hf/c1-9-5-6-12-7-10-3-2-4-11(10)8-13(9)12;;;/h5-8H,2-4H2,1H3;2*1H3;/q3*-1;. The van der Waals surface area contributed by atoms with Gasteiger partial charge in [0.15, 0.2) is 0 Å². The third-order valence-corrected chi connectivity index (χ3v) is 3.20. The van der Waals surface area contributed by atoms with Gasteiger partial charge >= 0.3 is 0 Å². The summed E-state index contributed by atoms with van der Waals surface area (Å²) in [6, 6.07) is 9.24. The van der Waals surface area contributed by atoms with E-state index >= 15 is 0 Å². The van der Waals surface area contributed by atoms with E-state index in [2.05, 4.69) is 31.2 Å². The van der Waals surface area contributed by atoms with Crippen LogP contribution >= 0.6 is 0 Å². The first-order valence-electron chi connectivity index (χ1n) is 5.02. The zero-order chi connectivity index (χ0) is 8.84. The first-order valence-corrected chi connectivity index (χ1v) is 5.02. The van der Waals surface area contributed by atoms with Crippen molar-refractivity contribution < 1.29 is 25.8 Å². The molecule has 1 aliphatic carbocycles. The molecule has 16 heavy (non-hydrogen) atoms. The van der Waals surface area contributed by atoms with Crippen LogP contribution in [-0.2, 0) is 38.7 Å². The summed E-state index contributed by atoms with van der Waals surface area (Å²) in [5.74, 6) is 0. The summed E-state index contributed by atoms with van der Waals surface area (Å²) < 4.78 is 0. The molecular formula is C15H19Hf-3. The van der Waals surface area contributed by atoms with E-state index in [1.54, 1.807) is 11.1 Å². The Morgan fingerprint density at radius 3 is 2.38 bits per heavy atom. The molecule has 0 unspecified atom stereocenters. The molecule has 0 heterocycles. The predicted molar refractivity (Wildman–Crippen MR) is 69.1 cm³/mol. The largest absolute Gasteiger partial charge is 0.358 e. The van der Waals surface area contributed by atoms with Gasteiger partial charge in [0, 0.05) is 25.8 Å². The number of hydrogen-bond donors (Lipinski definition) is 0. The van der Waals surface area contributed by atoms with E-state index < -0.39 is 0 Å². The summed E-state index contributed by atoms with van der Waals surface area (Å²) in [5, 5.41) is 2.89. The Morgan fingerprint density at radius 2 is 1.69 bits per heavy atom. The van der Waals surface area contributed by atoms with Crippen molar-refractivity contribution in [2.75, 3.05) is 0 Å². The van der Waals surface area contributed by atoms with Crippen LogP contribution in [0.1, 0.15) is 23.1 Å². The third-order valence-electron chi connectivity index (χ3n) is 3.20. The normalized spacial score (nSPS) is 12.3. The van der Waals surface area contributed by atoms with Crippen LogP contribution in [0.2, 0.25) is 0 Å². The Kier molecular flexibility index (Phi) is 5.75. The third kappa shape index (κ3) is 2.34. The van der Waals surface area contributed by atoms with Gasteiger partial charge in [-0.2, -0.15) is 12.1 Å². The molecule has 2 aromatic carbocycles. The van der Waals surface area contributed by atoms with Crippen molar-refractivity contribution in [1.82, 2.24) is 0 Å². The maximum absolute atomic E-state index is 2.40. The van der Waals surface area contributed by atoms with E-state index in [-0.39, 0.29) is 40.7 Å². The first kappa shape index (κ1) is 15.7. The Morgan fingerprint density at radius 1 is 1.06 bits per heavy atom. The molecule has 3 rings (SSSR count). The zero-order valence-corrected chi connectivity index (χ0v) is 14.0. The summed E-state index contributed by atoms with van der Waals surface area (Å²) >= 11 is 0. The van der Waals surface area contributed by atoms with Crippen molar-refractivity contribution >= 4 is 10.8 Å². The molecular weight excluding hydrogens is 359 g/mol. The summed E-state index contributed by atoms with van der Waals surface area (Å²) in [6.07, 6.45) is 3.92. The predicted octanol–water partition coefficient (Wildman–Crippen LogP) is 4.25. The molecule has 1 heteroatoms. The smallest absolute Gasteiger partial charge is 0 e. The fourth-order valence-electron chi connectivity index (χ4n) is 2.43. The Bertz CT molecular complexity index is 465. The van der Waals surface area contributed by atoms with Crippen molar-refractivity contribution in [3.05, 3.63) is 55.8 Å². The van der Waals surface area contributed by atoms with Crippen LogP contribution in [0.15, 0.2) is 24.3 Å². The Hall–Kier alpha value is -0.300. The number of aryl methyl sites for hydroxylation is 3. The van der Waals surface area contributed by atoms with Gasteiger partial charge in [0.05, 0.1) is 0 Å². The summed E-state index contributed by atoms with van der Waals surface area (Å²) in [4.78, 5) is 0. The average Bonchev–Trinajstić information content (AvgIpc) is 2.70. The molecule has 1 aliphatic rings. The molecule has 0 N–H and O–H groups in total. The number of hydrogen-bond acceptors (Lipinski definition) is 0. The minimum absolute atomic E-state index is 0. The minimum atomic E-state index is 0. The van der Waals surface area contributed by atoms with Gasteiger partial charge in [-0.15, -0.1) is 28.5 Å². The van der Waals surface area contributed by atoms with Crippen LogP contribution < -0.4 is 0 Å². The van der Waals surface area contributed by atoms with Gasteiger partial charge in [-0.3, -0.25) is 0 Å². The van der Waals surface area contributed by atoms with Gasteiger partial charge in [0.25, 0.3) is 0 Å². The van der Waals surface area contributed by atoms with Crippen LogP contribution in [0, 0.1) is 21.8 Å². The molecule has 86 valence electrons. The SMILES string of the molecule is C[c-]1ccc2cc3c(cc21)CCC3.[CH3-].[CH3-].[Hf]. The van der Waals surface area contributed by atoms with Gasteiger partial charge < -0.3 is 14.9 Å². The fourth-order valence-corrected chi connectivity index (χ4v) is 2.43. The van der Waals surface area contributed by atoms with Gasteiger partial charge in [-0.05, 0) is 19.3 Å². The molecule has 0 aromatic heterocycles. The van der Waals surface area contributed by atoms with Crippen molar-refractivity contribution in [3.63, 3.8) is 0 Å². The van der Waals surface area contributed by atoms with Gasteiger partial charge in [-0.1, -0.05) is 18.1 Å². The molecule has 2 aromatic rings. The van der Waals surface area contributed by atoms with E-state index in [9.17, 15) is 0 Å².